The second-order valence-corrected chi connectivity index (χ2v) is 9.18. The van der Waals surface area contributed by atoms with Gasteiger partial charge in [-0.15, -0.1) is 0 Å². The van der Waals surface area contributed by atoms with Crippen molar-refractivity contribution in [1.82, 2.24) is 8.96 Å². The Labute approximate surface area is 190 Å². The van der Waals surface area contributed by atoms with Gasteiger partial charge in [-0.25, -0.2) is 22.2 Å². The predicted molar refractivity (Wildman–Crippen MR) is 121 cm³/mol. The Morgan fingerprint density at radius 2 is 1.97 bits per heavy atom. The number of pyridine rings is 1. The molecular formula is C21H24N4O7S. The highest BCUT2D eigenvalue weighted by molar-refractivity contribution is 7.90. The minimum atomic E-state index is -4.01. The van der Waals surface area contributed by atoms with Crippen LogP contribution >= 0.6 is 0 Å². The zero-order valence-electron chi connectivity index (χ0n) is 18.3. The summed E-state index contributed by atoms with van der Waals surface area (Å²) in [7, 11) is -2.54. The molecule has 0 aliphatic carbocycles. The summed E-state index contributed by atoms with van der Waals surface area (Å²) in [6.45, 7) is 3.48. The van der Waals surface area contributed by atoms with E-state index in [1.54, 1.807) is 25.1 Å². The van der Waals surface area contributed by atoms with Gasteiger partial charge in [0.05, 0.1) is 21.8 Å². The van der Waals surface area contributed by atoms with E-state index in [1.165, 1.54) is 38.4 Å². The van der Waals surface area contributed by atoms with Crippen LogP contribution in [0.3, 0.4) is 0 Å². The third kappa shape index (κ3) is 4.66. The Morgan fingerprint density at radius 1 is 1.27 bits per heavy atom. The Kier molecular flexibility index (Phi) is 6.98. The molecule has 33 heavy (non-hydrogen) atoms. The number of carbonyl (C=O) groups excluding carboxylic acids is 1. The molecule has 0 fully saturated rings. The number of aromatic nitrogens is 2. The van der Waals surface area contributed by atoms with Crippen molar-refractivity contribution in [2.24, 2.45) is 0 Å². The van der Waals surface area contributed by atoms with Gasteiger partial charge in [0, 0.05) is 26.3 Å². The summed E-state index contributed by atoms with van der Waals surface area (Å²) >= 11 is 0. The highest BCUT2D eigenvalue weighted by Crippen LogP contribution is 2.36. The van der Waals surface area contributed by atoms with Crippen molar-refractivity contribution < 1.29 is 27.6 Å². The lowest BCUT2D eigenvalue weighted by Crippen LogP contribution is -2.45. The summed E-state index contributed by atoms with van der Waals surface area (Å²) < 4.78 is 37.5. The molecule has 0 saturated heterocycles. The quantitative estimate of drug-likeness (QED) is 0.265. The van der Waals surface area contributed by atoms with Crippen LogP contribution in [0.4, 0.5) is 11.4 Å². The molecular weight excluding hydrogens is 452 g/mol. The molecule has 2 heterocycles. The molecule has 11 nitrogen and oxygen atoms in total. The van der Waals surface area contributed by atoms with E-state index < -0.39 is 32.1 Å². The van der Waals surface area contributed by atoms with Crippen molar-refractivity contribution in [3.63, 3.8) is 0 Å². The largest absolute Gasteiger partial charge is 0.464 e. The molecule has 0 aliphatic heterocycles. The van der Waals surface area contributed by atoms with E-state index in [9.17, 15) is 23.3 Å². The summed E-state index contributed by atoms with van der Waals surface area (Å²) in [5.41, 5.74) is -1.86. The average molecular weight is 477 g/mol. The van der Waals surface area contributed by atoms with E-state index in [0.29, 0.717) is 0 Å². The van der Waals surface area contributed by atoms with Crippen LogP contribution in [0.25, 0.3) is 11.0 Å². The minimum Gasteiger partial charge on any atom is -0.464 e. The number of anilines is 1. The number of nitrogens with zero attached hydrogens (tertiary/aromatic N) is 3. The SMILES string of the molecule is CCOC(=O)C(C)(CCOC)Nc1c([N+](=O)[O-])cnc2c1ccn2S(=O)(=O)c1ccccc1. The molecule has 0 amide bonds. The number of ether oxygens (including phenoxy) is 2. The third-order valence-corrected chi connectivity index (χ3v) is 6.77. The molecule has 1 aromatic carbocycles. The molecule has 1 N–H and O–H groups in total. The van der Waals surface area contributed by atoms with Gasteiger partial charge in [-0.05, 0) is 32.0 Å². The Morgan fingerprint density at radius 3 is 2.58 bits per heavy atom. The molecule has 1 unspecified atom stereocenters. The zero-order valence-corrected chi connectivity index (χ0v) is 19.2. The van der Waals surface area contributed by atoms with E-state index in [1.807, 2.05) is 0 Å². The molecule has 3 aromatic rings. The van der Waals surface area contributed by atoms with E-state index in [0.717, 1.165) is 10.2 Å². The average Bonchev–Trinajstić information content (AvgIpc) is 3.24. The van der Waals surface area contributed by atoms with Crippen LogP contribution in [-0.4, -0.2) is 54.1 Å². The Balaban J connectivity index is 2.19. The summed E-state index contributed by atoms with van der Waals surface area (Å²) in [6, 6.07) is 9.14. The predicted octanol–water partition coefficient (Wildman–Crippen LogP) is 2.95. The van der Waals surface area contributed by atoms with Crippen LogP contribution < -0.4 is 5.32 Å². The van der Waals surface area contributed by atoms with Gasteiger partial charge in [-0.1, -0.05) is 18.2 Å². The van der Waals surface area contributed by atoms with Crippen molar-refractivity contribution in [2.45, 2.75) is 30.7 Å². The van der Waals surface area contributed by atoms with Crippen LogP contribution in [0.5, 0.6) is 0 Å². The summed E-state index contributed by atoms with van der Waals surface area (Å²) in [5.74, 6) is -0.627. The Bertz CT molecular complexity index is 1270. The summed E-state index contributed by atoms with van der Waals surface area (Å²) in [4.78, 5) is 27.9. The minimum absolute atomic E-state index is 0.0232. The Hall–Kier alpha value is -3.51. The van der Waals surface area contributed by atoms with Gasteiger partial charge in [-0.2, -0.15) is 0 Å². The molecule has 2 aromatic heterocycles. The molecule has 0 saturated carbocycles. The maximum atomic E-state index is 13.1. The fourth-order valence-corrected chi connectivity index (χ4v) is 4.63. The molecule has 12 heteroatoms. The van der Waals surface area contributed by atoms with Crippen LogP contribution in [-0.2, 0) is 24.3 Å². The van der Waals surface area contributed by atoms with E-state index in [-0.39, 0.29) is 41.3 Å². The topological polar surface area (TPSA) is 143 Å². The lowest BCUT2D eigenvalue weighted by atomic mass is 9.97. The van der Waals surface area contributed by atoms with Crippen molar-refractivity contribution in [2.75, 3.05) is 25.6 Å². The van der Waals surface area contributed by atoms with Crippen molar-refractivity contribution in [3.8, 4) is 0 Å². The molecule has 3 rings (SSSR count). The second kappa shape index (κ2) is 9.55. The summed E-state index contributed by atoms with van der Waals surface area (Å²) in [6.07, 6.45) is 2.38. The van der Waals surface area contributed by atoms with Crippen LogP contribution in [0.1, 0.15) is 20.3 Å². The van der Waals surface area contributed by atoms with E-state index >= 15 is 0 Å². The molecule has 176 valence electrons. The molecule has 1 atom stereocenters. The zero-order chi connectivity index (χ0) is 24.2. The number of nitrogens with one attached hydrogen (secondary N) is 1. The highest BCUT2D eigenvalue weighted by Gasteiger charge is 2.37. The van der Waals surface area contributed by atoms with Gasteiger partial charge in [0.25, 0.3) is 10.0 Å². The van der Waals surface area contributed by atoms with E-state index in [2.05, 4.69) is 10.3 Å². The molecule has 0 spiro atoms. The highest BCUT2D eigenvalue weighted by atomic mass is 32.2. The normalized spacial score (nSPS) is 13.4. The third-order valence-electron chi connectivity index (χ3n) is 5.09. The number of carbonyl (C=O) groups is 1. The van der Waals surface area contributed by atoms with Crippen molar-refractivity contribution in [1.29, 1.82) is 0 Å². The monoisotopic (exact) mass is 476 g/mol. The fourth-order valence-electron chi connectivity index (χ4n) is 3.31. The van der Waals surface area contributed by atoms with Crippen molar-refractivity contribution >= 4 is 38.4 Å². The van der Waals surface area contributed by atoms with Gasteiger partial charge >= 0.3 is 11.7 Å². The smallest absolute Gasteiger partial charge is 0.331 e. The number of methoxy groups -OCH3 is 1. The van der Waals surface area contributed by atoms with Gasteiger partial charge < -0.3 is 14.8 Å². The molecule has 0 aliphatic rings. The summed E-state index contributed by atoms with van der Waals surface area (Å²) in [5, 5.41) is 14.8. The maximum absolute atomic E-state index is 13.1. The number of rotatable bonds is 10. The number of hydrogen-bond acceptors (Lipinski definition) is 9. The number of hydrogen-bond donors (Lipinski definition) is 1. The standard InChI is InChI=1S/C21H24N4O7S/c1-4-32-20(26)21(2,11-13-31-3)23-18-16-10-12-24(19(16)22-14-17(18)25(27)28)33(29,30)15-8-6-5-7-9-15/h5-10,12,14H,4,11,13H2,1-3H3,(H,22,23). The second-order valence-electron chi connectivity index (χ2n) is 7.36. The van der Waals surface area contributed by atoms with Crippen LogP contribution in [0.15, 0.2) is 53.7 Å². The maximum Gasteiger partial charge on any atom is 0.331 e. The van der Waals surface area contributed by atoms with Gasteiger partial charge in [0.15, 0.2) is 5.65 Å². The van der Waals surface area contributed by atoms with Crippen molar-refractivity contribution in [3.05, 3.63) is 58.9 Å². The number of esters is 1. The lowest BCUT2D eigenvalue weighted by molar-refractivity contribution is -0.384. The number of benzene rings is 1. The molecule has 0 radical (unpaired) electrons. The van der Waals surface area contributed by atoms with E-state index in [4.69, 9.17) is 9.47 Å². The van der Waals surface area contributed by atoms with Crippen LogP contribution in [0.2, 0.25) is 0 Å². The first-order valence-corrected chi connectivity index (χ1v) is 11.5. The van der Waals surface area contributed by atoms with Crippen LogP contribution in [0, 0.1) is 10.1 Å². The fraction of sp³-hybridized carbons (Fsp3) is 0.333. The lowest BCUT2D eigenvalue weighted by Gasteiger charge is -2.29. The first-order chi connectivity index (χ1) is 15.7. The first-order valence-electron chi connectivity index (χ1n) is 10.0. The number of fused-ring (bicyclic) bond motifs is 1. The molecule has 0 bridgehead atoms. The number of nitro groups is 1. The van der Waals surface area contributed by atoms with Gasteiger partial charge in [0.1, 0.15) is 17.4 Å². The van der Waals surface area contributed by atoms with Gasteiger partial charge in [0.2, 0.25) is 0 Å². The van der Waals surface area contributed by atoms with Gasteiger partial charge in [-0.3, -0.25) is 10.1 Å². The first kappa shape index (κ1) is 24.1.